The number of nitrogens with zero attached hydrogens (tertiary/aromatic N) is 1. The molecular weight excluding hydrogens is 246 g/mol. The molecule has 0 saturated carbocycles. The minimum Gasteiger partial charge on any atom is -0.357 e. The van der Waals surface area contributed by atoms with Crippen molar-refractivity contribution in [1.82, 2.24) is 10.6 Å². The van der Waals surface area contributed by atoms with Crippen LogP contribution in [0.4, 0.5) is 0 Å². The molecular formula is C14H22ClN3. The lowest BCUT2D eigenvalue weighted by Gasteiger charge is -2.13. The van der Waals surface area contributed by atoms with Crippen LogP contribution >= 0.6 is 11.6 Å². The van der Waals surface area contributed by atoms with Crippen molar-refractivity contribution in [3.05, 3.63) is 34.9 Å². The lowest BCUT2D eigenvalue weighted by molar-refractivity contribution is 0.615. The van der Waals surface area contributed by atoms with E-state index in [0.29, 0.717) is 12.5 Å². The number of aliphatic imine (C=N–C) groups is 1. The Bertz CT molecular complexity index is 388. The molecule has 0 amide bonds. The molecule has 0 heterocycles. The first-order chi connectivity index (χ1) is 8.63. The van der Waals surface area contributed by atoms with Gasteiger partial charge in [-0.3, -0.25) is 0 Å². The second-order valence-corrected chi connectivity index (χ2v) is 4.97. The Morgan fingerprint density at radius 1 is 1.28 bits per heavy atom. The number of halogens is 1. The minimum absolute atomic E-state index is 0.590. The van der Waals surface area contributed by atoms with Crippen molar-refractivity contribution in [3.63, 3.8) is 0 Å². The van der Waals surface area contributed by atoms with E-state index in [1.807, 2.05) is 24.3 Å². The van der Waals surface area contributed by atoms with Gasteiger partial charge in [0.1, 0.15) is 0 Å². The Kier molecular flexibility index (Phi) is 6.58. The highest BCUT2D eigenvalue weighted by molar-refractivity contribution is 6.31. The number of rotatable bonds is 5. The van der Waals surface area contributed by atoms with Gasteiger partial charge in [-0.1, -0.05) is 43.6 Å². The van der Waals surface area contributed by atoms with Crippen LogP contribution in [-0.4, -0.2) is 19.0 Å². The van der Waals surface area contributed by atoms with Gasteiger partial charge in [-0.25, -0.2) is 4.99 Å². The van der Waals surface area contributed by atoms with Gasteiger partial charge in [-0.2, -0.15) is 0 Å². The average Bonchev–Trinajstić information content (AvgIpc) is 2.34. The summed E-state index contributed by atoms with van der Waals surface area (Å²) in [5.74, 6) is 1.43. The van der Waals surface area contributed by atoms with Crippen LogP contribution < -0.4 is 10.6 Å². The Balaban J connectivity index is 2.62. The Morgan fingerprint density at radius 2 is 2.00 bits per heavy atom. The van der Waals surface area contributed by atoms with Crippen LogP contribution in [-0.2, 0) is 6.54 Å². The van der Waals surface area contributed by atoms with Crippen molar-refractivity contribution in [1.29, 1.82) is 0 Å². The summed E-state index contributed by atoms with van der Waals surface area (Å²) in [7, 11) is 0. The topological polar surface area (TPSA) is 36.4 Å². The van der Waals surface area contributed by atoms with E-state index < -0.39 is 0 Å². The number of guanidine groups is 1. The second kappa shape index (κ2) is 7.98. The summed E-state index contributed by atoms with van der Waals surface area (Å²) >= 11 is 6.10. The minimum atomic E-state index is 0.590. The molecule has 0 radical (unpaired) electrons. The molecule has 0 aromatic heterocycles. The van der Waals surface area contributed by atoms with Crippen LogP contribution in [0, 0.1) is 5.92 Å². The van der Waals surface area contributed by atoms with Gasteiger partial charge in [0.25, 0.3) is 0 Å². The molecule has 0 aliphatic carbocycles. The van der Waals surface area contributed by atoms with Crippen LogP contribution in [0.25, 0.3) is 0 Å². The SMILES string of the molecule is CCNC(=NCc1ccccc1Cl)NCC(C)C. The van der Waals surface area contributed by atoms with Gasteiger partial charge in [0, 0.05) is 18.1 Å². The fraction of sp³-hybridized carbons (Fsp3) is 0.500. The molecule has 1 aromatic carbocycles. The standard InChI is InChI=1S/C14H22ClN3/c1-4-16-14(17-9-11(2)3)18-10-12-7-5-6-8-13(12)15/h5-8,11H,4,9-10H2,1-3H3,(H2,16,17,18). The quantitative estimate of drug-likeness (QED) is 0.636. The molecule has 0 bridgehead atoms. The molecule has 2 N–H and O–H groups in total. The van der Waals surface area contributed by atoms with Gasteiger partial charge in [-0.15, -0.1) is 0 Å². The average molecular weight is 268 g/mol. The summed E-state index contributed by atoms with van der Waals surface area (Å²) < 4.78 is 0. The van der Waals surface area contributed by atoms with Crippen molar-refractivity contribution in [2.45, 2.75) is 27.3 Å². The number of hydrogen-bond acceptors (Lipinski definition) is 1. The largest absolute Gasteiger partial charge is 0.357 e. The van der Waals surface area contributed by atoms with Crippen LogP contribution in [0.2, 0.25) is 5.02 Å². The molecule has 0 fully saturated rings. The molecule has 0 saturated heterocycles. The van der Waals surface area contributed by atoms with Gasteiger partial charge >= 0.3 is 0 Å². The van der Waals surface area contributed by atoms with Gasteiger partial charge in [0.05, 0.1) is 6.54 Å². The molecule has 0 atom stereocenters. The molecule has 3 nitrogen and oxygen atoms in total. The van der Waals surface area contributed by atoms with E-state index in [-0.39, 0.29) is 0 Å². The molecule has 0 aliphatic rings. The highest BCUT2D eigenvalue weighted by Crippen LogP contribution is 2.15. The van der Waals surface area contributed by atoms with Crippen LogP contribution in [0.15, 0.2) is 29.3 Å². The first kappa shape index (κ1) is 14.8. The maximum atomic E-state index is 6.10. The van der Waals surface area contributed by atoms with Crippen molar-refractivity contribution in [3.8, 4) is 0 Å². The predicted octanol–water partition coefficient (Wildman–Crippen LogP) is 3.05. The molecule has 0 aliphatic heterocycles. The monoisotopic (exact) mass is 267 g/mol. The van der Waals surface area contributed by atoms with Gasteiger partial charge in [0.2, 0.25) is 0 Å². The number of nitrogens with one attached hydrogen (secondary N) is 2. The number of hydrogen-bond donors (Lipinski definition) is 2. The zero-order valence-corrected chi connectivity index (χ0v) is 12.1. The van der Waals surface area contributed by atoms with Crippen LogP contribution in [0.1, 0.15) is 26.3 Å². The van der Waals surface area contributed by atoms with E-state index in [1.54, 1.807) is 0 Å². The summed E-state index contributed by atoms with van der Waals surface area (Å²) in [4.78, 5) is 4.53. The lowest BCUT2D eigenvalue weighted by Crippen LogP contribution is -2.39. The first-order valence-corrected chi connectivity index (χ1v) is 6.76. The fourth-order valence-corrected chi connectivity index (χ4v) is 1.63. The number of benzene rings is 1. The summed E-state index contributed by atoms with van der Waals surface area (Å²) in [6.07, 6.45) is 0. The summed E-state index contributed by atoms with van der Waals surface area (Å²) in [5.41, 5.74) is 1.04. The zero-order valence-electron chi connectivity index (χ0n) is 11.3. The molecule has 1 aromatic rings. The normalized spacial score (nSPS) is 11.7. The Labute approximate surface area is 115 Å². The van der Waals surface area contributed by atoms with E-state index in [4.69, 9.17) is 11.6 Å². The second-order valence-electron chi connectivity index (χ2n) is 4.56. The van der Waals surface area contributed by atoms with Crippen molar-refractivity contribution < 1.29 is 0 Å². The molecule has 4 heteroatoms. The summed E-state index contributed by atoms with van der Waals surface area (Å²) in [6, 6.07) is 7.79. The fourth-order valence-electron chi connectivity index (χ4n) is 1.43. The van der Waals surface area contributed by atoms with Crippen molar-refractivity contribution >= 4 is 17.6 Å². The van der Waals surface area contributed by atoms with E-state index in [0.717, 1.165) is 29.6 Å². The molecule has 0 unspecified atom stereocenters. The zero-order chi connectivity index (χ0) is 13.4. The van der Waals surface area contributed by atoms with Crippen molar-refractivity contribution in [2.24, 2.45) is 10.9 Å². The van der Waals surface area contributed by atoms with E-state index in [2.05, 4.69) is 36.4 Å². The van der Waals surface area contributed by atoms with Gasteiger partial charge < -0.3 is 10.6 Å². The predicted molar refractivity (Wildman–Crippen MR) is 79.1 cm³/mol. The Hall–Kier alpha value is -1.22. The summed E-state index contributed by atoms with van der Waals surface area (Å²) in [6.45, 7) is 8.76. The van der Waals surface area contributed by atoms with E-state index >= 15 is 0 Å². The third-order valence-corrected chi connectivity index (χ3v) is 2.76. The Morgan fingerprint density at radius 3 is 2.61 bits per heavy atom. The van der Waals surface area contributed by atoms with Crippen LogP contribution in [0.3, 0.4) is 0 Å². The lowest BCUT2D eigenvalue weighted by atomic mass is 10.2. The highest BCUT2D eigenvalue weighted by atomic mass is 35.5. The van der Waals surface area contributed by atoms with E-state index in [9.17, 15) is 0 Å². The van der Waals surface area contributed by atoms with E-state index in [1.165, 1.54) is 0 Å². The first-order valence-electron chi connectivity index (χ1n) is 6.39. The third kappa shape index (κ3) is 5.41. The molecule has 1 rings (SSSR count). The maximum Gasteiger partial charge on any atom is 0.191 e. The van der Waals surface area contributed by atoms with Gasteiger partial charge in [-0.05, 0) is 24.5 Å². The smallest absolute Gasteiger partial charge is 0.191 e. The molecule has 0 spiro atoms. The maximum absolute atomic E-state index is 6.10. The van der Waals surface area contributed by atoms with Crippen LogP contribution in [0.5, 0.6) is 0 Å². The van der Waals surface area contributed by atoms with Gasteiger partial charge in [0.15, 0.2) is 5.96 Å². The molecule has 18 heavy (non-hydrogen) atoms. The third-order valence-electron chi connectivity index (χ3n) is 2.39. The highest BCUT2D eigenvalue weighted by Gasteiger charge is 2.01. The van der Waals surface area contributed by atoms with Crippen molar-refractivity contribution in [2.75, 3.05) is 13.1 Å². The molecule has 100 valence electrons. The summed E-state index contributed by atoms with van der Waals surface area (Å²) in [5, 5.41) is 7.29.